The zero-order chi connectivity index (χ0) is 5.98. The molecule has 0 unspecified atom stereocenters. The first-order chi connectivity index (χ1) is 3.80. The number of rotatable bonds is 0. The Morgan fingerprint density at radius 2 is 2.25 bits per heavy atom. The Morgan fingerprint density at radius 3 is 2.62 bits per heavy atom. The summed E-state index contributed by atoms with van der Waals surface area (Å²) in [5, 5.41) is 0. The van der Waals surface area contributed by atoms with E-state index >= 15 is 0 Å². The van der Waals surface area contributed by atoms with Gasteiger partial charge in [0.2, 0.25) is 0 Å². The van der Waals surface area contributed by atoms with Gasteiger partial charge in [-0.2, -0.15) is 0 Å². The summed E-state index contributed by atoms with van der Waals surface area (Å²) in [5.41, 5.74) is 0.0747. The second-order valence-electron chi connectivity index (χ2n) is 1.41. The second kappa shape index (κ2) is 2.35. The van der Waals surface area contributed by atoms with Crippen molar-refractivity contribution in [3.63, 3.8) is 0 Å². The van der Waals surface area contributed by atoms with Crippen LogP contribution in [0.4, 0.5) is 0 Å². The molecule has 0 aliphatic heterocycles. The summed E-state index contributed by atoms with van der Waals surface area (Å²) < 4.78 is 1.62. The van der Waals surface area contributed by atoms with Gasteiger partial charge < -0.3 is 0 Å². The van der Waals surface area contributed by atoms with Crippen LogP contribution in [0.25, 0.3) is 0 Å². The average Bonchev–Trinajstić information content (AvgIpc) is 1.77. The standard InChI is InChI=1S/C5H5NO.Sn/c7-5-3-1-2-4-6-5;/h1-4H,(H,6,7);/q;+1/p-1. The fourth-order valence-electron chi connectivity index (χ4n) is 0.427. The summed E-state index contributed by atoms with van der Waals surface area (Å²) in [6.45, 7) is 0. The van der Waals surface area contributed by atoms with Gasteiger partial charge in [0.25, 0.3) is 0 Å². The number of nitrogens with zero attached hydrogens (tertiary/aromatic N) is 1. The van der Waals surface area contributed by atoms with Crippen LogP contribution in [0.5, 0.6) is 0 Å². The fraction of sp³-hybridized carbons (Fsp3) is 0. The average molecular weight is 213 g/mol. The van der Waals surface area contributed by atoms with Crippen LogP contribution in [-0.4, -0.2) is 25.6 Å². The summed E-state index contributed by atoms with van der Waals surface area (Å²) in [4.78, 5) is 10.6. The molecular weight excluding hydrogens is 209 g/mol. The van der Waals surface area contributed by atoms with Gasteiger partial charge in [0, 0.05) is 0 Å². The minimum absolute atomic E-state index is 0.0747. The van der Waals surface area contributed by atoms with Crippen molar-refractivity contribution < 1.29 is 0 Å². The number of aromatic nitrogens is 1. The van der Waals surface area contributed by atoms with Gasteiger partial charge in [-0.05, 0) is 0 Å². The minimum atomic E-state index is 0.0747. The van der Waals surface area contributed by atoms with Crippen molar-refractivity contribution in [2.45, 2.75) is 0 Å². The maximum atomic E-state index is 10.6. The van der Waals surface area contributed by atoms with E-state index in [1.165, 1.54) is 0 Å². The van der Waals surface area contributed by atoms with Crippen LogP contribution in [0.1, 0.15) is 0 Å². The predicted molar refractivity (Wildman–Crippen MR) is 31.9 cm³/mol. The van der Waals surface area contributed by atoms with Crippen LogP contribution in [0, 0.1) is 0 Å². The second-order valence-corrected chi connectivity index (χ2v) is 2.78. The topological polar surface area (TPSA) is 22.0 Å². The van der Waals surface area contributed by atoms with Crippen LogP contribution in [0.2, 0.25) is 0 Å². The summed E-state index contributed by atoms with van der Waals surface area (Å²) in [6, 6.07) is 5.13. The monoisotopic (exact) mass is 214 g/mol. The van der Waals surface area contributed by atoms with Crippen molar-refractivity contribution in [1.29, 1.82) is 0 Å². The predicted octanol–water partition coefficient (Wildman–Crippen LogP) is -0.220. The maximum absolute atomic E-state index is 10.6. The molecule has 1 aromatic heterocycles. The third kappa shape index (κ3) is 1.12. The molecule has 3 radical (unpaired) electrons. The molecule has 0 N–H and O–H groups in total. The fourth-order valence-corrected chi connectivity index (χ4v) is 0.886. The molecule has 0 aliphatic rings. The Kier molecular flexibility index (Phi) is 1.72. The van der Waals surface area contributed by atoms with Gasteiger partial charge in [-0.3, -0.25) is 0 Å². The third-order valence-corrected chi connectivity index (χ3v) is 1.88. The Bertz CT molecular complexity index is 230. The van der Waals surface area contributed by atoms with Gasteiger partial charge in [0.1, 0.15) is 0 Å². The Morgan fingerprint density at radius 1 is 1.50 bits per heavy atom. The van der Waals surface area contributed by atoms with Crippen molar-refractivity contribution in [2.75, 3.05) is 0 Å². The summed E-state index contributed by atoms with van der Waals surface area (Å²) in [5.74, 6) is 0. The van der Waals surface area contributed by atoms with Crippen LogP contribution < -0.4 is 5.56 Å². The Labute approximate surface area is 60.6 Å². The number of hydrogen-bond donors (Lipinski definition) is 0. The van der Waals surface area contributed by atoms with E-state index < -0.39 is 0 Å². The molecular formula is C5H4NOSn. The summed E-state index contributed by atoms with van der Waals surface area (Å²) >= 11 is 1.11. The molecule has 3 heteroatoms. The summed E-state index contributed by atoms with van der Waals surface area (Å²) in [6.07, 6.45) is 1.76. The molecule has 0 bridgehead atoms. The first kappa shape index (κ1) is 5.88. The molecule has 2 nitrogen and oxygen atoms in total. The zero-order valence-electron chi connectivity index (χ0n) is 4.16. The van der Waals surface area contributed by atoms with E-state index in [0.717, 1.165) is 22.8 Å². The van der Waals surface area contributed by atoms with E-state index in [4.69, 9.17) is 0 Å². The molecule has 0 fully saturated rings. The molecule has 0 saturated carbocycles. The molecule has 1 aromatic rings. The SMILES string of the molecule is O=c1cccc[n]1[Sn]. The van der Waals surface area contributed by atoms with Crippen LogP contribution in [0.15, 0.2) is 29.2 Å². The van der Waals surface area contributed by atoms with Crippen molar-refractivity contribution in [2.24, 2.45) is 0 Å². The van der Waals surface area contributed by atoms with Gasteiger partial charge in [0.05, 0.1) is 0 Å². The zero-order valence-corrected chi connectivity index (χ0v) is 7.02. The molecule has 1 heterocycles. The molecule has 0 spiro atoms. The van der Waals surface area contributed by atoms with Crippen molar-refractivity contribution in [3.05, 3.63) is 34.7 Å². The third-order valence-electron chi connectivity index (χ3n) is 0.822. The number of hydrogen-bond acceptors (Lipinski definition) is 1. The molecule has 0 aliphatic carbocycles. The van der Waals surface area contributed by atoms with Gasteiger partial charge >= 0.3 is 60.3 Å². The van der Waals surface area contributed by atoms with Gasteiger partial charge in [-0.1, -0.05) is 0 Å². The van der Waals surface area contributed by atoms with Crippen molar-refractivity contribution >= 4 is 22.8 Å². The first-order valence-corrected chi connectivity index (χ1v) is 3.47. The van der Waals surface area contributed by atoms with Gasteiger partial charge in [0.15, 0.2) is 0 Å². The molecule has 0 atom stereocenters. The number of pyridine rings is 1. The molecule has 1 rings (SSSR count). The molecule has 0 saturated heterocycles. The normalized spacial score (nSPS) is 9.12. The van der Waals surface area contributed by atoms with E-state index in [1.54, 1.807) is 21.1 Å². The van der Waals surface area contributed by atoms with Crippen LogP contribution in [-0.2, 0) is 0 Å². The summed E-state index contributed by atoms with van der Waals surface area (Å²) in [7, 11) is 0. The first-order valence-electron chi connectivity index (χ1n) is 2.20. The van der Waals surface area contributed by atoms with Gasteiger partial charge in [-0.15, -0.1) is 0 Å². The van der Waals surface area contributed by atoms with Crippen LogP contribution in [0.3, 0.4) is 0 Å². The van der Waals surface area contributed by atoms with Crippen molar-refractivity contribution in [3.8, 4) is 0 Å². The molecule has 8 heavy (non-hydrogen) atoms. The van der Waals surface area contributed by atoms with E-state index in [1.807, 2.05) is 6.07 Å². The van der Waals surface area contributed by atoms with E-state index in [2.05, 4.69) is 0 Å². The van der Waals surface area contributed by atoms with Crippen molar-refractivity contribution in [1.82, 2.24) is 2.79 Å². The van der Waals surface area contributed by atoms with E-state index in [9.17, 15) is 4.79 Å². The quantitative estimate of drug-likeness (QED) is 0.546. The molecule has 0 aromatic carbocycles. The van der Waals surface area contributed by atoms with E-state index in [0.29, 0.717) is 0 Å². The molecule has 39 valence electrons. The van der Waals surface area contributed by atoms with E-state index in [-0.39, 0.29) is 5.56 Å². The molecule has 0 amide bonds. The Balaban J connectivity index is 3.35. The van der Waals surface area contributed by atoms with Gasteiger partial charge in [-0.25, -0.2) is 0 Å². The van der Waals surface area contributed by atoms with Crippen LogP contribution >= 0.6 is 0 Å². The Hall–Kier alpha value is -0.251.